The molecule has 1 aliphatic heterocycles. The lowest BCUT2D eigenvalue weighted by molar-refractivity contribution is -0.137. The quantitative estimate of drug-likeness (QED) is 0.626. The van der Waals surface area contributed by atoms with Gasteiger partial charge in [-0.3, -0.25) is 4.98 Å². The average molecular weight is 417 g/mol. The summed E-state index contributed by atoms with van der Waals surface area (Å²) in [5, 5.41) is 4.46. The second kappa shape index (κ2) is 9.43. The number of primary amides is 1. The van der Waals surface area contributed by atoms with Crippen molar-refractivity contribution in [3.05, 3.63) is 60.6 Å². The van der Waals surface area contributed by atoms with Crippen LogP contribution in [-0.2, 0) is 6.18 Å². The zero-order valence-corrected chi connectivity index (χ0v) is 16.2. The second-order valence-electron chi connectivity index (χ2n) is 6.84. The highest BCUT2D eigenvalue weighted by atomic mass is 19.4. The molecule has 1 aliphatic rings. The third-order valence-corrected chi connectivity index (χ3v) is 4.69. The van der Waals surface area contributed by atoms with Crippen LogP contribution in [0.15, 0.2) is 55.0 Å². The molecule has 3 N–H and O–H groups in total. The highest BCUT2D eigenvalue weighted by molar-refractivity contribution is 6.00. The molecule has 2 amide bonds. The van der Waals surface area contributed by atoms with E-state index in [-0.39, 0.29) is 0 Å². The highest BCUT2D eigenvalue weighted by Gasteiger charge is 2.30. The summed E-state index contributed by atoms with van der Waals surface area (Å²) in [6, 6.07) is 9.39. The maximum atomic E-state index is 12.3. The summed E-state index contributed by atoms with van der Waals surface area (Å²) >= 11 is 0. The summed E-state index contributed by atoms with van der Waals surface area (Å²) in [4.78, 5) is 20.6. The number of alkyl halides is 3. The van der Waals surface area contributed by atoms with Gasteiger partial charge in [-0.25, -0.2) is 9.78 Å². The van der Waals surface area contributed by atoms with Crippen LogP contribution in [0.2, 0.25) is 0 Å². The molecule has 6 nitrogen and oxygen atoms in total. The minimum atomic E-state index is -4.30. The number of pyridine rings is 2. The number of nitrogens with zero attached hydrogens (tertiary/aromatic N) is 3. The van der Waals surface area contributed by atoms with Crippen molar-refractivity contribution >= 4 is 28.3 Å². The first-order valence-corrected chi connectivity index (χ1v) is 9.52. The molecule has 0 radical (unpaired) electrons. The third kappa shape index (κ3) is 5.59. The van der Waals surface area contributed by atoms with E-state index in [0.717, 1.165) is 49.0 Å². The molecule has 3 heterocycles. The van der Waals surface area contributed by atoms with E-state index >= 15 is 0 Å². The average Bonchev–Trinajstić information content (AvgIpc) is 2.74. The molecule has 158 valence electrons. The fraction of sp³-hybridized carbons (Fsp3) is 0.286. The number of fused-ring (bicyclic) bond motifs is 1. The Bertz CT molecular complexity index is 981. The van der Waals surface area contributed by atoms with Gasteiger partial charge in [0.1, 0.15) is 5.82 Å². The van der Waals surface area contributed by atoms with Gasteiger partial charge in [0.2, 0.25) is 0 Å². The Morgan fingerprint density at radius 3 is 2.43 bits per heavy atom. The van der Waals surface area contributed by atoms with Gasteiger partial charge in [0.15, 0.2) is 0 Å². The number of nitrogens with one attached hydrogen (secondary N) is 1. The van der Waals surface area contributed by atoms with Crippen molar-refractivity contribution in [3.63, 3.8) is 0 Å². The largest absolute Gasteiger partial charge is 0.417 e. The van der Waals surface area contributed by atoms with E-state index in [1.54, 1.807) is 18.5 Å². The Morgan fingerprint density at radius 1 is 1.03 bits per heavy atom. The van der Waals surface area contributed by atoms with Gasteiger partial charge in [0, 0.05) is 42.5 Å². The Kier molecular flexibility index (Phi) is 6.71. The summed E-state index contributed by atoms with van der Waals surface area (Å²) in [5.74, 6) is 0.646. The summed E-state index contributed by atoms with van der Waals surface area (Å²) in [5.41, 5.74) is 5.07. The molecule has 0 bridgehead atoms. The van der Waals surface area contributed by atoms with E-state index in [4.69, 9.17) is 5.73 Å². The second-order valence-corrected chi connectivity index (χ2v) is 6.84. The van der Waals surface area contributed by atoms with E-state index in [9.17, 15) is 18.0 Å². The molecule has 0 atom stereocenters. The van der Waals surface area contributed by atoms with Crippen molar-refractivity contribution < 1.29 is 18.0 Å². The topological polar surface area (TPSA) is 84.1 Å². The van der Waals surface area contributed by atoms with Crippen LogP contribution in [-0.4, -0.2) is 29.1 Å². The predicted octanol–water partition coefficient (Wildman–Crippen LogP) is 4.82. The van der Waals surface area contributed by atoms with Crippen molar-refractivity contribution in [2.75, 3.05) is 23.3 Å². The van der Waals surface area contributed by atoms with Crippen LogP contribution in [0.5, 0.6) is 0 Å². The Morgan fingerprint density at radius 2 is 1.80 bits per heavy atom. The number of nitrogens with two attached hydrogens (primary N) is 1. The number of carbonyl (C=O) groups is 1. The van der Waals surface area contributed by atoms with Crippen LogP contribution in [0, 0.1) is 0 Å². The molecule has 1 aromatic carbocycles. The molecule has 30 heavy (non-hydrogen) atoms. The molecule has 1 fully saturated rings. The van der Waals surface area contributed by atoms with Gasteiger partial charge in [0.05, 0.1) is 11.3 Å². The van der Waals surface area contributed by atoms with E-state index < -0.39 is 17.8 Å². The summed E-state index contributed by atoms with van der Waals surface area (Å²) < 4.78 is 36.9. The van der Waals surface area contributed by atoms with Gasteiger partial charge in [-0.1, -0.05) is 12.1 Å². The minimum Gasteiger partial charge on any atom is -0.357 e. The van der Waals surface area contributed by atoms with Gasteiger partial charge in [-0.15, -0.1) is 0 Å². The lowest BCUT2D eigenvalue weighted by atomic mass is 10.1. The van der Waals surface area contributed by atoms with Gasteiger partial charge < -0.3 is 16.0 Å². The molecule has 1 saturated heterocycles. The standard InChI is InChI=1S/C11H13F3N2.C10H9N3O/c12-11(13,14)9-4-5-10(15-8-9)16-6-2-1-3-7-16;11-10(14)13-9-3-1-2-7-6-12-5-4-8(7)9/h4-5,8H,1-3,6-7H2;1-6H,(H3,11,13,14). The number of hydrogen-bond acceptors (Lipinski definition) is 4. The fourth-order valence-corrected chi connectivity index (χ4v) is 3.23. The van der Waals surface area contributed by atoms with Crippen LogP contribution < -0.4 is 16.0 Å². The molecule has 0 unspecified atom stereocenters. The number of rotatable bonds is 2. The monoisotopic (exact) mass is 417 g/mol. The first-order valence-electron chi connectivity index (χ1n) is 9.52. The van der Waals surface area contributed by atoms with Crippen molar-refractivity contribution in [2.24, 2.45) is 5.73 Å². The van der Waals surface area contributed by atoms with E-state index in [2.05, 4.69) is 15.3 Å². The van der Waals surface area contributed by atoms with Crippen molar-refractivity contribution in [1.29, 1.82) is 0 Å². The number of carbonyl (C=O) groups excluding carboxylic acids is 1. The van der Waals surface area contributed by atoms with Crippen LogP contribution in [0.1, 0.15) is 24.8 Å². The van der Waals surface area contributed by atoms with Crippen LogP contribution in [0.3, 0.4) is 0 Å². The molecule has 2 aromatic heterocycles. The zero-order valence-electron chi connectivity index (χ0n) is 16.2. The van der Waals surface area contributed by atoms with E-state index in [1.807, 2.05) is 23.1 Å². The molecular formula is C21H22F3N5O. The number of amides is 2. The van der Waals surface area contributed by atoms with Gasteiger partial charge in [0.25, 0.3) is 0 Å². The van der Waals surface area contributed by atoms with Crippen LogP contribution in [0.4, 0.5) is 29.5 Å². The summed E-state index contributed by atoms with van der Waals surface area (Å²) in [7, 11) is 0. The van der Waals surface area contributed by atoms with Crippen LogP contribution in [0.25, 0.3) is 10.8 Å². The molecular weight excluding hydrogens is 395 g/mol. The van der Waals surface area contributed by atoms with Gasteiger partial charge in [-0.05, 0) is 43.5 Å². The molecule has 3 aromatic rings. The number of aromatic nitrogens is 2. The lowest BCUT2D eigenvalue weighted by Crippen LogP contribution is -2.30. The maximum absolute atomic E-state index is 12.3. The Labute approximate surface area is 171 Å². The fourth-order valence-electron chi connectivity index (χ4n) is 3.23. The molecule has 9 heteroatoms. The Balaban J connectivity index is 0.000000172. The van der Waals surface area contributed by atoms with Crippen molar-refractivity contribution in [1.82, 2.24) is 9.97 Å². The number of urea groups is 1. The normalized spacial score (nSPS) is 14.0. The smallest absolute Gasteiger partial charge is 0.357 e. The first-order chi connectivity index (χ1) is 14.3. The highest BCUT2D eigenvalue weighted by Crippen LogP contribution is 2.29. The number of anilines is 2. The van der Waals surface area contributed by atoms with Gasteiger partial charge >= 0.3 is 12.2 Å². The third-order valence-electron chi connectivity index (χ3n) is 4.69. The molecule has 0 aliphatic carbocycles. The zero-order chi connectivity index (χ0) is 21.6. The lowest BCUT2D eigenvalue weighted by Gasteiger charge is -2.27. The summed E-state index contributed by atoms with van der Waals surface area (Å²) in [6.07, 6.45) is 3.38. The predicted molar refractivity (Wildman–Crippen MR) is 110 cm³/mol. The number of benzene rings is 1. The maximum Gasteiger partial charge on any atom is 0.417 e. The number of halogens is 3. The van der Waals surface area contributed by atoms with Crippen molar-refractivity contribution in [2.45, 2.75) is 25.4 Å². The molecule has 0 spiro atoms. The SMILES string of the molecule is FC(F)(F)c1ccc(N2CCCCC2)nc1.NC(=O)Nc1cccc2cnccc12. The molecule has 0 saturated carbocycles. The first kappa shape index (κ1) is 21.4. The van der Waals surface area contributed by atoms with E-state index in [0.29, 0.717) is 11.5 Å². The van der Waals surface area contributed by atoms with Gasteiger partial charge in [-0.2, -0.15) is 13.2 Å². The van der Waals surface area contributed by atoms with Crippen molar-refractivity contribution in [3.8, 4) is 0 Å². The van der Waals surface area contributed by atoms with Crippen LogP contribution >= 0.6 is 0 Å². The van der Waals surface area contributed by atoms with E-state index in [1.165, 1.54) is 12.5 Å². The Hall–Kier alpha value is -3.36. The number of hydrogen-bond donors (Lipinski definition) is 2. The summed E-state index contributed by atoms with van der Waals surface area (Å²) in [6.45, 7) is 1.77. The number of piperidine rings is 1. The minimum absolute atomic E-state index is 0.561. The molecule has 4 rings (SSSR count).